The Morgan fingerprint density at radius 2 is 1.80 bits per heavy atom. The molecule has 0 aliphatic rings. The van der Waals surface area contributed by atoms with Gasteiger partial charge >= 0.3 is 0 Å². The molecule has 0 radical (unpaired) electrons. The van der Waals surface area contributed by atoms with Gasteiger partial charge in [-0.05, 0) is 27.7 Å². The Hall–Kier alpha value is -0.730. The summed E-state index contributed by atoms with van der Waals surface area (Å²) in [6, 6.07) is 0. The Balaban J connectivity index is 4.11. The van der Waals surface area contributed by atoms with Crippen LogP contribution in [0.3, 0.4) is 0 Å². The van der Waals surface area contributed by atoms with E-state index in [2.05, 4.69) is 25.9 Å². The zero-order chi connectivity index (χ0) is 8.36. The first-order chi connectivity index (χ1) is 4.34. The fourth-order valence-corrected chi connectivity index (χ4v) is 0.387. The van der Waals surface area contributed by atoms with Crippen LogP contribution in [0, 0.1) is 0 Å². The molecule has 0 spiro atoms. The maximum atomic E-state index is 5.40. The molecule has 0 aliphatic heterocycles. The van der Waals surface area contributed by atoms with E-state index >= 15 is 0 Å². The van der Waals surface area contributed by atoms with Crippen molar-refractivity contribution in [3.8, 4) is 0 Å². The van der Waals surface area contributed by atoms with Gasteiger partial charge in [-0.2, -0.15) is 5.10 Å². The molecule has 2 N–H and O–H groups in total. The van der Waals surface area contributed by atoms with Crippen molar-refractivity contribution >= 4 is 5.84 Å². The second-order valence-electron chi connectivity index (χ2n) is 3.44. The first kappa shape index (κ1) is 9.27. The predicted octanol–water partition coefficient (Wildman–Crippen LogP) is 1.01. The molecule has 0 unspecified atom stereocenters. The Bertz CT molecular complexity index is 128. The summed E-state index contributed by atoms with van der Waals surface area (Å²) < 4.78 is 0. The van der Waals surface area contributed by atoms with E-state index in [1.807, 2.05) is 12.1 Å². The van der Waals surface area contributed by atoms with Gasteiger partial charge in [0.15, 0.2) is 0 Å². The van der Waals surface area contributed by atoms with Crippen molar-refractivity contribution in [3.05, 3.63) is 0 Å². The molecule has 0 aromatic carbocycles. The lowest BCUT2D eigenvalue weighted by atomic mass is 10.1. The smallest absolute Gasteiger partial charge is 0.116 e. The lowest BCUT2D eigenvalue weighted by molar-refractivity contribution is 0.183. The van der Waals surface area contributed by atoms with Crippen LogP contribution in [0.4, 0.5) is 0 Å². The van der Waals surface area contributed by atoms with E-state index in [0.717, 1.165) is 0 Å². The predicted molar refractivity (Wildman–Crippen MR) is 44.8 cm³/mol. The molecule has 3 nitrogen and oxygen atoms in total. The van der Waals surface area contributed by atoms with E-state index in [1.165, 1.54) is 0 Å². The maximum absolute atomic E-state index is 5.40. The first-order valence-electron chi connectivity index (χ1n) is 3.38. The van der Waals surface area contributed by atoms with Crippen LogP contribution in [0.25, 0.3) is 0 Å². The molecule has 0 rings (SSSR count). The molecule has 0 atom stereocenters. The SMILES string of the molecule is C/C(N)=N\N(C)C(C)(C)C. The molecule has 0 fully saturated rings. The number of nitrogens with zero attached hydrogens (tertiary/aromatic N) is 2. The van der Waals surface area contributed by atoms with Gasteiger partial charge in [0.1, 0.15) is 5.84 Å². The molecule has 0 heterocycles. The topological polar surface area (TPSA) is 41.6 Å². The molecule has 0 aliphatic carbocycles. The number of nitrogens with two attached hydrogens (primary N) is 1. The lowest BCUT2D eigenvalue weighted by Gasteiger charge is -2.29. The van der Waals surface area contributed by atoms with Crippen molar-refractivity contribution in [2.45, 2.75) is 33.2 Å². The zero-order valence-electron chi connectivity index (χ0n) is 7.47. The summed E-state index contributed by atoms with van der Waals surface area (Å²) in [6.07, 6.45) is 0. The average molecular weight is 143 g/mol. The van der Waals surface area contributed by atoms with Gasteiger partial charge in [-0.1, -0.05) is 0 Å². The molecule has 0 aromatic rings. The van der Waals surface area contributed by atoms with E-state index < -0.39 is 0 Å². The highest BCUT2D eigenvalue weighted by molar-refractivity contribution is 5.77. The van der Waals surface area contributed by atoms with Gasteiger partial charge in [-0.25, -0.2) is 0 Å². The summed E-state index contributed by atoms with van der Waals surface area (Å²) in [5, 5.41) is 5.93. The largest absolute Gasteiger partial charge is 0.386 e. The van der Waals surface area contributed by atoms with Gasteiger partial charge in [-0.3, -0.25) is 5.01 Å². The number of hydrazone groups is 1. The second-order valence-corrected chi connectivity index (χ2v) is 3.44. The number of hydrogen-bond acceptors (Lipinski definition) is 2. The van der Waals surface area contributed by atoms with Crippen LogP contribution in [0.15, 0.2) is 5.10 Å². The highest BCUT2D eigenvalue weighted by Gasteiger charge is 2.14. The van der Waals surface area contributed by atoms with Crippen molar-refractivity contribution in [2.75, 3.05) is 7.05 Å². The molecule has 0 saturated heterocycles. The van der Waals surface area contributed by atoms with Crippen molar-refractivity contribution in [1.29, 1.82) is 0 Å². The van der Waals surface area contributed by atoms with Gasteiger partial charge in [-0.15, -0.1) is 0 Å². The Labute approximate surface area is 62.9 Å². The van der Waals surface area contributed by atoms with Crippen LogP contribution in [-0.4, -0.2) is 23.4 Å². The third kappa shape index (κ3) is 3.33. The molecule has 3 heteroatoms. The fourth-order valence-electron chi connectivity index (χ4n) is 0.387. The Kier molecular flexibility index (Phi) is 2.69. The van der Waals surface area contributed by atoms with Gasteiger partial charge in [0, 0.05) is 12.6 Å². The summed E-state index contributed by atoms with van der Waals surface area (Å²) in [5.74, 6) is 0.595. The van der Waals surface area contributed by atoms with Crippen LogP contribution in [0.2, 0.25) is 0 Å². The van der Waals surface area contributed by atoms with Crippen LogP contribution < -0.4 is 5.73 Å². The average Bonchev–Trinajstić information content (AvgIpc) is 1.60. The molecule has 0 bridgehead atoms. The minimum Gasteiger partial charge on any atom is -0.386 e. The number of rotatable bonds is 1. The van der Waals surface area contributed by atoms with E-state index in [-0.39, 0.29) is 5.54 Å². The monoisotopic (exact) mass is 143 g/mol. The van der Waals surface area contributed by atoms with E-state index in [9.17, 15) is 0 Å². The Morgan fingerprint density at radius 3 is 1.90 bits per heavy atom. The van der Waals surface area contributed by atoms with Gasteiger partial charge < -0.3 is 5.73 Å². The summed E-state index contributed by atoms with van der Waals surface area (Å²) >= 11 is 0. The highest BCUT2D eigenvalue weighted by atomic mass is 15.5. The second kappa shape index (κ2) is 2.90. The Morgan fingerprint density at radius 1 is 1.40 bits per heavy atom. The maximum Gasteiger partial charge on any atom is 0.116 e. The van der Waals surface area contributed by atoms with Crippen LogP contribution in [0.5, 0.6) is 0 Å². The number of hydrogen-bond donors (Lipinski definition) is 1. The highest BCUT2D eigenvalue weighted by Crippen LogP contribution is 2.09. The van der Waals surface area contributed by atoms with Gasteiger partial charge in [0.2, 0.25) is 0 Å². The van der Waals surface area contributed by atoms with Gasteiger partial charge in [0.05, 0.1) is 0 Å². The third-order valence-corrected chi connectivity index (χ3v) is 1.28. The summed E-state index contributed by atoms with van der Waals surface area (Å²) in [5.41, 5.74) is 5.45. The first-order valence-corrected chi connectivity index (χ1v) is 3.38. The van der Waals surface area contributed by atoms with Gasteiger partial charge in [0.25, 0.3) is 0 Å². The minimum absolute atomic E-state index is 0.0562. The molecule has 0 amide bonds. The molecular formula is C7H17N3. The normalized spacial score (nSPS) is 13.5. The lowest BCUT2D eigenvalue weighted by Crippen LogP contribution is -2.35. The zero-order valence-corrected chi connectivity index (χ0v) is 7.47. The quantitative estimate of drug-likeness (QED) is 0.338. The summed E-state index contributed by atoms with van der Waals surface area (Å²) in [6.45, 7) is 8.03. The molecule has 10 heavy (non-hydrogen) atoms. The summed E-state index contributed by atoms with van der Waals surface area (Å²) in [4.78, 5) is 0. The van der Waals surface area contributed by atoms with Crippen molar-refractivity contribution in [2.24, 2.45) is 10.8 Å². The molecular weight excluding hydrogens is 126 g/mol. The minimum atomic E-state index is 0.0562. The summed E-state index contributed by atoms with van der Waals surface area (Å²) in [7, 11) is 1.91. The third-order valence-electron chi connectivity index (χ3n) is 1.28. The van der Waals surface area contributed by atoms with Crippen molar-refractivity contribution in [3.63, 3.8) is 0 Å². The van der Waals surface area contributed by atoms with E-state index in [0.29, 0.717) is 5.84 Å². The van der Waals surface area contributed by atoms with Crippen molar-refractivity contribution in [1.82, 2.24) is 5.01 Å². The number of amidine groups is 1. The van der Waals surface area contributed by atoms with E-state index in [1.54, 1.807) is 6.92 Å². The molecule has 0 saturated carbocycles. The van der Waals surface area contributed by atoms with Crippen molar-refractivity contribution < 1.29 is 0 Å². The standard InChI is InChI=1S/C7H17N3/c1-6(8)9-10(5)7(2,3)4/h1-5H3,(H2,8,9). The van der Waals surface area contributed by atoms with E-state index in [4.69, 9.17) is 5.73 Å². The van der Waals surface area contributed by atoms with Crippen LogP contribution in [-0.2, 0) is 0 Å². The van der Waals surface area contributed by atoms with Crippen LogP contribution >= 0.6 is 0 Å². The molecule has 0 aromatic heterocycles. The van der Waals surface area contributed by atoms with Crippen LogP contribution in [0.1, 0.15) is 27.7 Å². The molecule has 60 valence electrons. The fraction of sp³-hybridized carbons (Fsp3) is 0.857.